The predicted octanol–water partition coefficient (Wildman–Crippen LogP) is 3.18. The molecule has 0 aliphatic carbocycles. The van der Waals surface area contributed by atoms with E-state index in [0.29, 0.717) is 30.3 Å². The van der Waals surface area contributed by atoms with E-state index in [9.17, 15) is 9.59 Å². The van der Waals surface area contributed by atoms with Gasteiger partial charge in [-0.3, -0.25) is 14.6 Å². The maximum Gasteiger partial charge on any atom is 0.270 e. The van der Waals surface area contributed by atoms with Gasteiger partial charge in [-0.2, -0.15) is 0 Å². The quantitative estimate of drug-likeness (QED) is 0.600. The molecule has 1 aliphatic heterocycles. The van der Waals surface area contributed by atoms with E-state index in [0.717, 1.165) is 36.0 Å². The minimum Gasteiger partial charge on any atom is -0.351 e. The molecule has 144 valence electrons. The molecule has 7 nitrogen and oxygen atoms in total. The van der Waals surface area contributed by atoms with E-state index in [-0.39, 0.29) is 11.8 Å². The molecular weight excluding hydrogens is 374 g/mol. The number of carbonyl (C=O) groups excluding carboxylic acids is 2. The van der Waals surface area contributed by atoms with Crippen LogP contribution < -0.4 is 10.6 Å². The fourth-order valence-corrected chi connectivity index (χ4v) is 3.93. The van der Waals surface area contributed by atoms with Gasteiger partial charge in [-0.15, -0.1) is 11.3 Å². The number of nitrogens with one attached hydrogen (secondary N) is 2. The first-order chi connectivity index (χ1) is 13.7. The molecule has 2 N–H and O–H groups in total. The summed E-state index contributed by atoms with van der Waals surface area (Å²) in [6.07, 6.45) is 4.10. The smallest absolute Gasteiger partial charge is 0.270 e. The van der Waals surface area contributed by atoms with Crippen molar-refractivity contribution in [3.8, 4) is 0 Å². The second kappa shape index (κ2) is 8.35. The summed E-state index contributed by atoms with van der Waals surface area (Å²) in [5.41, 5.74) is 2.23. The molecule has 28 heavy (non-hydrogen) atoms. The van der Waals surface area contributed by atoms with Crippen LogP contribution in [0.1, 0.15) is 29.8 Å². The van der Waals surface area contributed by atoms with Crippen LogP contribution in [-0.2, 0) is 4.79 Å². The van der Waals surface area contributed by atoms with Crippen molar-refractivity contribution in [1.29, 1.82) is 0 Å². The first-order valence-electron chi connectivity index (χ1n) is 9.32. The minimum atomic E-state index is -0.195. The standard InChI is InChI=1S/C20H21N5O2S/c26-18-5-2-10-25(18)11-3-9-22-19(27)17-13-28-20(24-17)23-15-6-7-16-14(12-15)4-1-8-21-16/h1,4,6-8,12-13H,2-3,5,9-11H2,(H,22,27)(H,23,24). The molecule has 1 aromatic carbocycles. The van der Waals surface area contributed by atoms with Crippen LogP contribution in [0, 0.1) is 0 Å². The van der Waals surface area contributed by atoms with Crippen molar-refractivity contribution in [3.05, 3.63) is 47.6 Å². The highest BCUT2D eigenvalue weighted by Gasteiger charge is 2.19. The van der Waals surface area contributed by atoms with Gasteiger partial charge in [0, 0.05) is 48.7 Å². The van der Waals surface area contributed by atoms with Crippen LogP contribution in [0.4, 0.5) is 10.8 Å². The topological polar surface area (TPSA) is 87.2 Å². The molecule has 2 amide bonds. The number of likely N-dealkylation sites (tertiary alicyclic amines) is 1. The lowest BCUT2D eigenvalue weighted by molar-refractivity contribution is -0.127. The van der Waals surface area contributed by atoms with Crippen LogP contribution in [0.25, 0.3) is 10.9 Å². The van der Waals surface area contributed by atoms with E-state index < -0.39 is 0 Å². The number of hydrogen-bond donors (Lipinski definition) is 2. The van der Waals surface area contributed by atoms with Crippen LogP contribution in [0.3, 0.4) is 0 Å². The lowest BCUT2D eigenvalue weighted by atomic mass is 10.2. The van der Waals surface area contributed by atoms with E-state index in [1.54, 1.807) is 11.6 Å². The Bertz CT molecular complexity index is 1000. The van der Waals surface area contributed by atoms with Gasteiger partial charge in [0.1, 0.15) is 5.69 Å². The number of nitrogens with zero attached hydrogens (tertiary/aromatic N) is 3. The van der Waals surface area contributed by atoms with Gasteiger partial charge in [0.2, 0.25) is 5.91 Å². The molecule has 8 heteroatoms. The Morgan fingerprint density at radius 2 is 2.21 bits per heavy atom. The lowest BCUT2D eigenvalue weighted by Gasteiger charge is -2.14. The third-order valence-electron chi connectivity index (χ3n) is 4.65. The number of hydrogen-bond acceptors (Lipinski definition) is 6. The summed E-state index contributed by atoms with van der Waals surface area (Å²) in [5, 5.41) is 9.55. The number of anilines is 2. The Labute approximate surface area is 166 Å². The second-order valence-corrected chi connectivity index (χ2v) is 7.53. The van der Waals surface area contributed by atoms with Crippen molar-refractivity contribution in [2.45, 2.75) is 19.3 Å². The zero-order valence-electron chi connectivity index (χ0n) is 15.4. The number of carbonyl (C=O) groups is 2. The van der Waals surface area contributed by atoms with Crippen LogP contribution in [-0.4, -0.2) is 46.3 Å². The Hall–Kier alpha value is -3.00. The number of aromatic nitrogens is 2. The van der Waals surface area contributed by atoms with Crippen LogP contribution in [0.5, 0.6) is 0 Å². The summed E-state index contributed by atoms with van der Waals surface area (Å²) in [4.78, 5) is 34.4. The molecule has 0 bridgehead atoms. The number of thiazole rings is 1. The van der Waals surface area contributed by atoms with Crippen molar-refractivity contribution in [2.75, 3.05) is 25.0 Å². The summed E-state index contributed by atoms with van der Waals surface area (Å²) >= 11 is 1.39. The average Bonchev–Trinajstić information content (AvgIpc) is 3.34. The zero-order chi connectivity index (χ0) is 19.3. The largest absolute Gasteiger partial charge is 0.351 e. The van der Waals surface area contributed by atoms with E-state index >= 15 is 0 Å². The van der Waals surface area contributed by atoms with Crippen LogP contribution >= 0.6 is 11.3 Å². The highest BCUT2D eigenvalue weighted by Crippen LogP contribution is 2.23. The molecule has 1 fully saturated rings. The van der Waals surface area contributed by atoms with E-state index in [4.69, 9.17) is 0 Å². The monoisotopic (exact) mass is 395 g/mol. The molecule has 0 atom stereocenters. The lowest BCUT2D eigenvalue weighted by Crippen LogP contribution is -2.30. The van der Waals surface area contributed by atoms with Crippen LogP contribution in [0.2, 0.25) is 0 Å². The number of benzene rings is 1. The summed E-state index contributed by atoms with van der Waals surface area (Å²) in [6.45, 7) is 2.05. The fraction of sp³-hybridized carbons (Fsp3) is 0.300. The minimum absolute atomic E-state index is 0.195. The van der Waals surface area contributed by atoms with Crippen molar-refractivity contribution < 1.29 is 9.59 Å². The van der Waals surface area contributed by atoms with Gasteiger partial charge in [0.25, 0.3) is 5.91 Å². The van der Waals surface area contributed by atoms with Gasteiger partial charge in [0.05, 0.1) is 5.52 Å². The molecule has 0 saturated carbocycles. The number of fused-ring (bicyclic) bond motifs is 1. The summed E-state index contributed by atoms with van der Waals surface area (Å²) < 4.78 is 0. The number of rotatable bonds is 7. The summed E-state index contributed by atoms with van der Waals surface area (Å²) in [7, 11) is 0. The number of pyridine rings is 1. The molecule has 1 saturated heterocycles. The molecule has 0 radical (unpaired) electrons. The summed E-state index contributed by atoms with van der Waals surface area (Å²) in [6, 6.07) is 9.80. The third kappa shape index (κ3) is 4.28. The van der Waals surface area contributed by atoms with Crippen molar-refractivity contribution in [1.82, 2.24) is 20.2 Å². The molecule has 2 aromatic heterocycles. The Morgan fingerprint density at radius 3 is 3.07 bits per heavy atom. The van der Waals surface area contributed by atoms with Gasteiger partial charge in [-0.05, 0) is 37.1 Å². The van der Waals surface area contributed by atoms with Gasteiger partial charge in [-0.1, -0.05) is 6.07 Å². The summed E-state index contributed by atoms with van der Waals surface area (Å²) in [5.74, 6) is 0.0192. The maximum absolute atomic E-state index is 12.3. The van der Waals surface area contributed by atoms with Crippen molar-refractivity contribution in [3.63, 3.8) is 0 Å². The third-order valence-corrected chi connectivity index (χ3v) is 5.41. The molecule has 3 aromatic rings. The average molecular weight is 395 g/mol. The number of amides is 2. The predicted molar refractivity (Wildman–Crippen MR) is 110 cm³/mol. The molecular formula is C20H21N5O2S. The molecule has 4 rings (SSSR count). The zero-order valence-corrected chi connectivity index (χ0v) is 16.2. The molecule has 3 heterocycles. The van der Waals surface area contributed by atoms with Crippen molar-refractivity contribution in [2.24, 2.45) is 0 Å². The molecule has 0 spiro atoms. The maximum atomic E-state index is 12.3. The Kier molecular flexibility index (Phi) is 5.48. The Balaban J connectivity index is 1.29. The van der Waals surface area contributed by atoms with Gasteiger partial charge in [0.15, 0.2) is 5.13 Å². The first kappa shape index (κ1) is 18.4. The first-order valence-corrected chi connectivity index (χ1v) is 10.2. The van der Waals surface area contributed by atoms with E-state index in [2.05, 4.69) is 20.6 Å². The van der Waals surface area contributed by atoms with Gasteiger partial charge >= 0.3 is 0 Å². The SMILES string of the molecule is O=C(NCCCN1CCCC1=O)c1csc(Nc2ccc3ncccc3c2)n1. The van der Waals surface area contributed by atoms with E-state index in [1.807, 2.05) is 35.2 Å². The normalized spacial score (nSPS) is 13.9. The Morgan fingerprint density at radius 1 is 1.29 bits per heavy atom. The van der Waals surface area contributed by atoms with Gasteiger partial charge in [-0.25, -0.2) is 4.98 Å². The fourth-order valence-electron chi connectivity index (χ4n) is 3.22. The van der Waals surface area contributed by atoms with Crippen molar-refractivity contribution >= 4 is 44.9 Å². The van der Waals surface area contributed by atoms with Crippen LogP contribution in [0.15, 0.2) is 41.9 Å². The van der Waals surface area contributed by atoms with E-state index in [1.165, 1.54) is 11.3 Å². The highest BCUT2D eigenvalue weighted by molar-refractivity contribution is 7.14. The highest BCUT2D eigenvalue weighted by atomic mass is 32.1. The molecule has 1 aliphatic rings. The van der Waals surface area contributed by atoms with Gasteiger partial charge < -0.3 is 15.5 Å². The molecule has 0 unspecified atom stereocenters. The second-order valence-electron chi connectivity index (χ2n) is 6.67.